The van der Waals surface area contributed by atoms with Crippen LogP contribution in [0, 0.1) is 93.1 Å². The van der Waals surface area contributed by atoms with E-state index in [1.807, 2.05) is 0 Å². The molecule has 0 fully saturated rings. The zero-order valence-electron chi connectivity index (χ0n) is 43.6. The first-order valence-electron chi connectivity index (χ1n) is 22.2. The molecule has 0 aromatic heterocycles. The molecule has 22 heteroatoms. The van der Waals surface area contributed by atoms with Crippen LogP contribution in [0.4, 0.5) is 70.2 Å². The molecular formula is C48H60BF16LiSi4. The van der Waals surface area contributed by atoms with Crippen molar-refractivity contribution in [1.82, 2.24) is 0 Å². The normalized spacial score (nSPS) is 13.9. The second-order valence-corrected chi connectivity index (χ2v) is 45.5. The van der Waals surface area contributed by atoms with E-state index in [4.69, 9.17) is 0 Å². The van der Waals surface area contributed by atoms with Crippen molar-refractivity contribution in [2.75, 3.05) is 0 Å². The molecule has 0 N–H and O–H groups in total. The molecule has 0 aliphatic carbocycles. The third kappa shape index (κ3) is 8.59. The van der Waals surface area contributed by atoms with Crippen LogP contribution in [-0.2, 0) is 0 Å². The van der Waals surface area contributed by atoms with E-state index >= 15 is 70.2 Å². The third-order valence-electron chi connectivity index (χ3n) is 16.9. The van der Waals surface area contributed by atoms with Crippen molar-refractivity contribution < 1.29 is 89.1 Å². The Morgan fingerprint density at radius 3 is 0.414 bits per heavy atom. The zero-order chi connectivity index (χ0) is 54.4. The van der Waals surface area contributed by atoms with Gasteiger partial charge in [0.15, 0.2) is 46.5 Å². The Kier molecular flexibility index (Phi) is 16.4. The summed E-state index contributed by atoms with van der Waals surface area (Å²) in [6.07, 6.45) is -6.78. The largest absolute Gasteiger partial charge is 1.00 e. The summed E-state index contributed by atoms with van der Waals surface area (Å²) >= 11 is 0. The van der Waals surface area contributed by atoms with Crippen LogP contribution in [0.3, 0.4) is 0 Å². The van der Waals surface area contributed by atoms with Crippen LogP contribution in [0.15, 0.2) is 0 Å². The molecule has 0 bridgehead atoms. The second kappa shape index (κ2) is 18.6. The average molecular weight is 1070 g/mol. The molecule has 0 spiro atoms. The molecule has 0 aliphatic rings. The van der Waals surface area contributed by atoms with Gasteiger partial charge in [-0.2, -0.15) is 0 Å². The maximum atomic E-state index is 17.8. The number of rotatable bonds is 8. The fraction of sp³-hybridized carbons (Fsp3) is 0.500. The van der Waals surface area contributed by atoms with Crippen molar-refractivity contribution in [3.63, 3.8) is 0 Å². The van der Waals surface area contributed by atoms with E-state index in [9.17, 15) is 0 Å². The van der Waals surface area contributed by atoms with Crippen LogP contribution in [0.25, 0.3) is 0 Å². The standard InChI is InChI=1S/C48H60BF16Si4.Li/c1-45(2,3)66(13,14)41-33(58)25(50)21(26(51)34(41)59)49(22-27(52)35(60)42(36(61)28(22)53)67(15,16)46(4,5)6,23-29(54)37(62)43(38(63)30(23)55)68(17,18)47(7,8)9)24-31(56)39(64)44(40(65)32(24)57)69(19,20)48(10,11)12;/h1-20H3;/q-1;+1. The minimum absolute atomic E-state index is 0. The maximum absolute atomic E-state index is 17.8. The molecule has 0 heterocycles. The molecule has 0 atom stereocenters. The van der Waals surface area contributed by atoms with E-state index < -0.39 is 194 Å². The van der Waals surface area contributed by atoms with Gasteiger partial charge in [-0.1, -0.05) is 135 Å². The smallest absolute Gasteiger partial charge is 0.207 e. The van der Waals surface area contributed by atoms with Crippen molar-refractivity contribution in [2.45, 2.75) is 156 Å². The quantitative estimate of drug-likeness (QED) is 0.0940. The summed E-state index contributed by atoms with van der Waals surface area (Å²) in [7, 11) is -16.1. The Hall–Kier alpha value is -2.71. The number of halogens is 16. The van der Waals surface area contributed by atoms with E-state index in [1.165, 1.54) is 135 Å². The van der Waals surface area contributed by atoms with E-state index in [-0.39, 0.29) is 18.9 Å². The zero-order valence-corrected chi connectivity index (χ0v) is 47.6. The molecule has 0 amide bonds. The average Bonchev–Trinajstić information content (AvgIpc) is 3.16. The van der Waals surface area contributed by atoms with Crippen molar-refractivity contribution in [3.05, 3.63) is 93.1 Å². The van der Waals surface area contributed by atoms with E-state index in [1.54, 1.807) is 0 Å². The topological polar surface area (TPSA) is 0 Å². The van der Waals surface area contributed by atoms with Crippen molar-refractivity contribution in [2.24, 2.45) is 0 Å². The Bertz CT molecular complexity index is 2300. The van der Waals surface area contributed by atoms with Gasteiger partial charge in [-0.25, -0.2) is 70.2 Å². The summed E-state index contributed by atoms with van der Waals surface area (Å²) in [6.45, 7) is 26.1. The molecule has 0 saturated carbocycles. The van der Waals surface area contributed by atoms with Crippen LogP contribution in [0.5, 0.6) is 0 Å². The van der Waals surface area contributed by atoms with Crippen LogP contribution in [-0.4, -0.2) is 38.4 Å². The number of benzene rings is 4. The van der Waals surface area contributed by atoms with E-state index in [0.29, 0.717) is 0 Å². The van der Waals surface area contributed by atoms with Crippen LogP contribution in [0.1, 0.15) is 83.1 Å². The van der Waals surface area contributed by atoms with Gasteiger partial charge in [0.2, 0.25) is 0 Å². The SMILES string of the molecule is CC(C)(C)[Si](C)(C)c1c(F)c(F)c([B-](c2c(F)c(F)c([Si](C)(C)C(C)(C)C)c(F)c2F)(c2c(F)c(F)c([Si](C)(C)C(C)(C)C)c(F)c2F)c2c(F)c(F)c([Si](C)(C)C(C)(C)C)c(F)c2F)c(F)c1F.[Li+]. The van der Waals surface area contributed by atoms with E-state index in [2.05, 4.69) is 0 Å². The molecule has 4 aromatic carbocycles. The van der Waals surface area contributed by atoms with Gasteiger partial charge in [0, 0.05) is 20.7 Å². The molecule has 384 valence electrons. The predicted molar refractivity (Wildman–Crippen MR) is 257 cm³/mol. The van der Waals surface area contributed by atoms with Gasteiger partial charge < -0.3 is 0 Å². The van der Waals surface area contributed by atoms with Gasteiger partial charge in [0.05, 0.1) is 32.3 Å². The molecule has 4 aromatic rings. The van der Waals surface area contributed by atoms with E-state index in [0.717, 1.165) is 0 Å². The minimum Gasteiger partial charge on any atom is -0.207 e. The molecular weight excluding hydrogens is 1010 g/mol. The first-order chi connectivity index (χ1) is 30.5. The van der Waals surface area contributed by atoms with Crippen molar-refractivity contribution >= 4 is 81.0 Å². The molecule has 0 radical (unpaired) electrons. The fourth-order valence-corrected chi connectivity index (χ4v) is 16.9. The monoisotopic (exact) mass is 1070 g/mol. The molecule has 0 saturated heterocycles. The van der Waals surface area contributed by atoms with Gasteiger partial charge in [0.1, 0.15) is 52.7 Å². The van der Waals surface area contributed by atoms with Crippen LogP contribution < -0.4 is 61.5 Å². The Balaban J connectivity index is 0.0000130. The Morgan fingerprint density at radius 2 is 0.329 bits per heavy atom. The number of hydrogen-bond acceptors (Lipinski definition) is 0. The summed E-state index contributed by atoms with van der Waals surface area (Å²) in [5, 5.41) is -10.7. The van der Waals surface area contributed by atoms with Crippen LogP contribution in [0.2, 0.25) is 72.5 Å². The summed E-state index contributed by atoms with van der Waals surface area (Å²) in [5.41, 5.74) is -11.7. The third-order valence-corrected chi connectivity index (χ3v) is 38.7. The first-order valence-corrected chi connectivity index (χ1v) is 34.2. The fourth-order valence-electron chi connectivity index (χ4n) is 8.68. The van der Waals surface area contributed by atoms with Crippen molar-refractivity contribution in [1.29, 1.82) is 0 Å². The van der Waals surface area contributed by atoms with Gasteiger partial charge >= 0.3 is 18.9 Å². The summed E-state index contributed by atoms with van der Waals surface area (Å²) in [5.74, 6) is -44.3. The molecule has 4 rings (SSSR count). The van der Waals surface area contributed by atoms with Gasteiger partial charge in [-0.3, -0.25) is 0 Å². The number of hydrogen-bond donors (Lipinski definition) is 0. The Morgan fingerprint density at radius 1 is 0.229 bits per heavy atom. The predicted octanol–water partition coefficient (Wildman–Crippen LogP) is 9.16. The minimum atomic E-state index is -6.78. The summed E-state index contributed by atoms with van der Waals surface area (Å²) in [6, 6.07) is 0. The van der Waals surface area contributed by atoms with Gasteiger partial charge in [-0.05, 0) is 20.2 Å². The van der Waals surface area contributed by atoms with Crippen LogP contribution >= 0.6 is 0 Å². The van der Waals surface area contributed by atoms with Crippen molar-refractivity contribution in [3.8, 4) is 0 Å². The van der Waals surface area contributed by atoms with Gasteiger partial charge in [0.25, 0.3) is 0 Å². The summed E-state index contributed by atoms with van der Waals surface area (Å²) < 4.78 is 280. The maximum Gasteiger partial charge on any atom is 1.00 e. The van der Waals surface area contributed by atoms with Gasteiger partial charge in [-0.15, -0.1) is 21.9 Å². The molecule has 0 aliphatic heterocycles. The molecule has 0 nitrogen and oxygen atoms in total. The molecule has 0 unspecified atom stereocenters. The molecule has 70 heavy (non-hydrogen) atoms. The second-order valence-electron chi connectivity index (χ2n) is 24.5. The first kappa shape index (κ1) is 61.6. The Labute approximate surface area is 416 Å². The summed E-state index contributed by atoms with van der Waals surface area (Å²) in [4.78, 5) is 0.